The van der Waals surface area contributed by atoms with Gasteiger partial charge in [0.25, 0.3) is 5.95 Å². The van der Waals surface area contributed by atoms with Gasteiger partial charge in [-0.1, -0.05) is 18.2 Å². The molecule has 23 heavy (non-hydrogen) atoms. The lowest BCUT2D eigenvalue weighted by Gasteiger charge is -2.26. The molecular formula is C16H18N6O. The Bertz CT molecular complexity index is 760. The Kier molecular flexibility index (Phi) is 3.87. The lowest BCUT2D eigenvalue weighted by molar-refractivity contribution is 0.0342. The highest BCUT2D eigenvalue weighted by Crippen LogP contribution is 2.18. The molecule has 4 rings (SSSR count). The second-order valence-electron chi connectivity index (χ2n) is 5.54. The second-order valence-corrected chi connectivity index (χ2v) is 5.54. The first-order valence-corrected chi connectivity index (χ1v) is 7.69. The predicted molar refractivity (Wildman–Crippen MR) is 85.0 cm³/mol. The lowest BCUT2D eigenvalue weighted by Crippen LogP contribution is -2.35. The summed E-state index contributed by atoms with van der Waals surface area (Å²) < 4.78 is 7.17. The first kappa shape index (κ1) is 14.1. The summed E-state index contributed by atoms with van der Waals surface area (Å²) in [6, 6.07) is 8.41. The molecule has 0 atom stereocenters. The smallest absolute Gasteiger partial charge is 0.254 e. The molecule has 1 aliphatic heterocycles. The molecule has 1 aliphatic rings. The molecule has 0 bridgehead atoms. The minimum atomic E-state index is 0.594. The highest BCUT2D eigenvalue weighted by atomic mass is 16.5. The number of nitrogens with one attached hydrogen (secondary N) is 1. The number of rotatable bonds is 4. The number of H-pyrrole nitrogens is 1. The van der Waals surface area contributed by atoms with Gasteiger partial charge in [-0.15, -0.1) is 5.10 Å². The zero-order valence-corrected chi connectivity index (χ0v) is 12.7. The van der Waals surface area contributed by atoms with Crippen LogP contribution in [0.2, 0.25) is 0 Å². The monoisotopic (exact) mass is 310 g/mol. The molecule has 1 saturated heterocycles. The van der Waals surface area contributed by atoms with Crippen LogP contribution in [0.25, 0.3) is 17.3 Å². The van der Waals surface area contributed by atoms with Gasteiger partial charge < -0.3 is 4.74 Å². The fourth-order valence-electron chi connectivity index (χ4n) is 2.71. The minimum absolute atomic E-state index is 0.594. The second kappa shape index (κ2) is 6.31. The fraction of sp³-hybridized carbons (Fsp3) is 0.312. The zero-order chi connectivity index (χ0) is 15.5. The Morgan fingerprint density at radius 1 is 1.22 bits per heavy atom. The standard InChI is InChI=1S/C16H18N6O/c1-2-13(11-21-6-8-23-9-7-21)10-14(3-1)15-18-16(20-19-15)22-5-4-17-12-22/h1-5,10,12H,6-9,11H2,(H,18,19,20). The topological polar surface area (TPSA) is 71.9 Å². The number of hydrogen-bond acceptors (Lipinski definition) is 5. The molecule has 0 unspecified atom stereocenters. The third-order valence-corrected chi connectivity index (χ3v) is 3.92. The molecule has 1 aromatic carbocycles. The maximum absolute atomic E-state index is 5.40. The van der Waals surface area contributed by atoms with E-state index in [1.54, 1.807) is 17.1 Å². The summed E-state index contributed by atoms with van der Waals surface area (Å²) in [6.45, 7) is 4.53. The lowest BCUT2D eigenvalue weighted by atomic mass is 10.1. The molecule has 0 spiro atoms. The molecule has 0 aliphatic carbocycles. The van der Waals surface area contributed by atoms with Crippen LogP contribution >= 0.6 is 0 Å². The van der Waals surface area contributed by atoms with Crippen molar-refractivity contribution >= 4 is 0 Å². The van der Waals surface area contributed by atoms with Gasteiger partial charge in [-0.05, 0) is 11.6 Å². The van der Waals surface area contributed by atoms with E-state index in [4.69, 9.17) is 4.74 Å². The minimum Gasteiger partial charge on any atom is -0.379 e. The Morgan fingerprint density at radius 3 is 2.96 bits per heavy atom. The Labute approximate surface area is 133 Å². The van der Waals surface area contributed by atoms with Crippen LogP contribution in [0.1, 0.15) is 5.56 Å². The predicted octanol–water partition coefficient (Wildman–Crippen LogP) is 1.49. The molecule has 2 aromatic heterocycles. The van der Waals surface area contributed by atoms with Crippen molar-refractivity contribution in [1.82, 2.24) is 29.6 Å². The zero-order valence-electron chi connectivity index (χ0n) is 12.7. The summed E-state index contributed by atoms with van der Waals surface area (Å²) in [4.78, 5) is 10.9. The highest BCUT2D eigenvalue weighted by molar-refractivity contribution is 5.56. The first-order chi connectivity index (χ1) is 11.4. The summed E-state index contributed by atoms with van der Waals surface area (Å²) in [5.74, 6) is 1.36. The van der Waals surface area contributed by atoms with Crippen LogP contribution in [0.5, 0.6) is 0 Å². The summed E-state index contributed by atoms with van der Waals surface area (Å²) >= 11 is 0. The van der Waals surface area contributed by atoms with E-state index in [0.717, 1.165) is 44.2 Å². The molecule has 0 radical (unpaired) electrons. The van der Waals surface area contributed by atoms with Crippen molar-refractivity contribution < 1.29 is 4.74 Å². The Morgan fingerprint density at radius 2 is 2.13 bits per heavy atom. The summed E-state index contributed by atoms with van der Waals surface area (Å²) in [7, 11) is 0. The molecule has 3 aromatic rings. The maximum atomic E-state index is 5.40. The third kappa shape index (κ3) is 3.15. The molecule has 7 nitrogen and oxygen atoms in total. The molecule has 1 N–H and O–H groups in total. The van der Waals surface area contributed by atoms with Crippen LogP contribution in [0.3, 0.4) is 0 Å². The van der Waals surface area contributed by atoms with Gasteiger partial charge in [0, 0.05) is 37.6 Å². The van der Waals surface area contributed by atoms with Gasteiger partial charge in [0.15, 0.2) is 5.82 Å². The van der Waals surface area contributed by atoms with Crippen molar-refractivity contribution in [3.05, 3.63) is 48.5 Å². The van der Waals surface area contributed by atoms with Crippen LogP contribution in [-0.4, -0.2) is 55.9 Å². The van der Waals surface area contributed by atoms with E-state index in [1.165, 1.54) is 5.56 Å². The maximum Gasteiger partial charge on any atom is 0.254 e. The first-order valence-electron chi connectivity index (χ1n) is 7.69. The van der Waals surface area contributed by atoms with E-state index >= 15 is 0 Å². The van der Waals surface area contributed by atoms with Crippen molar-refractivity contribution in [2.24, 2.45) is 0 Å². The number of aromatic nitrogens is 5. The van der Waals surface area contributed by atoms with Crippen molar-refractivity contribution in [3.8, 4) is 17.3 Å². The number of ether oxygens (including phenoxy) is 1. The average Bonchev–Trinajstić information content (AvgIpc) is 3.28. The van der Waals surface area contributed by atoms with Crippen LogP contribution in [-0.2, 0) is 11.3 Å². The number of imidazole rings is 1. The Hall–Kier alpha value is -2.51. The average molecular weight is 310 g/mol. The van der Waals surface area contributed by atoms with Gasteiger partial charge in [-0.25, -0.2) is 4.98 Å². The number of benzene rings is 1. The van der Waals surface area contributed by atoms with E-state index in [1.807, 2.05) is 12.3 Å². The number of hydrogen-bond donors (Lipinski definition) is 1. The van der Waals surface area contributed by atoms with Gasteiger partial charge in [-0.2, -0.15) is 4.98 Å². The summed E-state index contributed by atoms with van der Waals surface area (Å²) in [6.07, 6.45) is 5.21. The number of aromatic amines is 1. The van der Waals surface area contributed by atoms with Gasteiger partial charge in [0.05, 0.1) is 13.2 Å². The van der Waals surface area contributed by atoms with Crippen LogP contribution in [0.15, 0.2) is 43.0 Å². The molecule has 0 amide bonds. The summed E-state index contributed by atoms with van der Waals surface area (Å²) in [5, 5.41) is 7.24. The Balaban J connectivity index is 1.54. The third-order valence-electron chi connectivity index (χ3n) is 3.92. The van der Waals surface area contributed by atoms with Crippen molar-refractivity contribution in [2.45, 2.75) is 6.54 Å². The van der Waals surface area contributed by atoms with E-state index in [0.29, 0.717) is 5.95 Å². The molecule has 0 saturated carbocycles. The molecule has 3 heterocycles. The molecule has 118 valence electrons. The summed E-state index contributed by atoms with van der Waals surface area (Å²) in [5.41, 5.74) is 2.31. The molecule has 1 fully saturated rings. The van der Waals surface area contributed by atoms with Crippen LogP contribution < -0.4 is 0 Å². The van der Waals surface area contributed by atoms with E-state index in [-0.39, 0.29) is 0 Å². The fourth-order valence-corrected chi connectivity index (χ4v) is 2.71. The number of morpholine rings is 1. The highest BCUT2D eigenvalue weighted by Gasteiger charge is 2.12. The van der Waals surface area contributed by atoms with Gasteiger partial charge >= 0.3 is 0 Å². The van der Waals surface area contributed by atoms with Crippen molar-refractivity contribution in [1.29, 1.82) is 0 Å². The van der Waals surface area contributed by atoms with Gasteiger partial charge in [-0.3, -0.25) is 14.6 Å². The van der Waals surface area contributed by atoms with Gasteiger partial charge in [0.1, 0.15) is 6.33 Å². The molecule has 7 heteroatoms. The molecular weight excluding hydrogens is 292 g/mol. The number of nitrogens with zero attached hydrogens (tertiary/aromatic N) is 5. The van der Waals surface area contributed by atoms with Crippen molar-refractivity contribution in [3.63, 3.8) is 0 Å². The van der Waals surface area contributed by atoms with E-state index in [9.17, 15) is 0 Å². The van der Waals surface area contributed by atoms with Gasteiger partial charge in [0.2, 0.25) is 0 Å². The van der Waals surface area contributed by atoms with Crippen molar-refractivity contribution in [2.75, 3.05) is 26.3 Å². The van der Waals surface area contributed by atoms with Crippen LogP contribution in [0.4, 0.5) is 0 Å². The SMILES string of the molecule is c1cc(CN2CCOCC2)cc(-c2nc(-n3ccnc3)n[nH]2)c1. The quantitative estimate of drug-likeness (QED) is 0.790. The normalized spacial score (nSPS) is 15.8. The van der Waals surface area contributed by atoms with E-state index in [2.05, 4.69) is 43.3 Å². The van der Waals surface area contributed by atoms with Crippen LogP contribution in [0, 0.1) is 0 Å². The largest absolute Gasteiger partial charge is 0.379 e. The van der Waals surface area contributed by atoms with E-state index < -0.39 is 0 Å².